The highest BCUT2D eigenvalue weighted by Gasteiger charge is 2.53. The second-order valence-electron chi connectivity index (χ2n) is 6.66. The molecule has 2 aromatic carbocycles. The molecule has 0 radical (unpaired) electrons. The summed E-state index contributed by atoms with van der Waals surface area (Å²) in [6.07, 6.45) is 0. The number of fused-ring (bicyclic) bond motifs is 2. The van der Waals surface area contributed by atoms with Gasteiger partial charge in [0, 0.05) is 46.9 Å². The van der Waals surface area contributed by atoms with E-state index in [1.54, 1.807) is 20.9 Å². The zero-order valence-corrected chi connectivity index (χ0v) is 14.5. The fraction of sp³-hybridized carbons (Fsp3) is 0.211. The first-order chi connectivity index (χ1) is 12.3. The smallest absolute Gasteiger partial charge is 0.270 e. The largest absolute Gasteiger partial charge is 0.372 e. The van der Waals surface area contributed by atoms with Crippen molar-refractivity contribution in [3.63, 3.8) is 0 Å². The van der Waals surface area contributed by atoms with Crippen molar-refractivity contribution in [1.82, 2.24) is 4.98 Å². The molecule has 0 unspecified atom stereocenters. The molecule has 0 bridgehead atoms. The van der Waals surface area contributed by atoms with Crippen molar-refractivity contribution in [2.24, 2.45) is 0 Å². The number of carbonyl (C=O) groups is 1. The quantitative estimate of drug-likeness (QED) is 0.548. The third-order valence-electron chi connectivity index (χ3n) is 5.09. The van der Waals surface area contributed by atoms with E-state index < -0.39 is 16.4 Å². The number of nitro benzene ring substituents is 1. The normalized spacial score (nSPS) is 19.2. The van der Waals surface area contributed by atoms with Gasteiger partial charge in [-0.05, 0) is 25.5 Å². The molecule has 7 heteroatoms. The summed E-state index contributed by atoms with van der Waals surface area (Å²) in [5.41, 5.74) is 1.05. The average molecular weight is 351 g/mol. The molecule has 1 atom stereocenters. The third kappa shape index (κ3) is 1.89. The maximum absolute atomic E-state index is 13.1. The van der Waals surface area contributed by atoms with Gasteiger partial charge in [-0.1, -0.05) is 18.2 Å². The van der Waals surface area contributed by atoms with Crippen LogP contribution in [0.2, 0.25) is 0 Å². The van der Waals surface area contributed by atoms with Crippen molar-refractivity contribution in [2.45, 2.75) is 19.4 Å². The Kier molecular flexibility index (Phi) is 3.23. The number of benzene rings is 2. The maximum Gasteiger partial charge on any atom is 0.270 e. The summed E-state index contributed by atoms with van der Waals surface area (Å²) in [4.78, 5) is 28.5. The van der Waals surface area contributed by atoms with Crippen LogP contribution in [0.1, 0.15) is 22.4 Å². The summed E-state index contributed by atoms with van der Waals surface area (Å²) in [5.74, 6) is -0.524. The molecule has 1 aliphatic heterocycles. The van der Waals surface area contributed by atoms with Gasteiger partial charge in [0.2, 0.25) is 0 Å². The molecule has 132 valence electrons. The van der Waals surface area contributed by atoms with E-state index in [0.717, 1.165) is 5.52 Å². The third-order valence-corrected chi connectivity index (χ3v) is 5.09. The summed E-state index contributed by atoms with van der Waals surface area (Å²) in [6, 6.07) is 10.1. The molecule has 1 amide bonds. The van der Waals surface area contributed by atoms with Gasteiger partial charge < -0.3 is 15.0 Å². The lowest BCUT2D eigenvalue weighted by atomic mass is 9.85. The van der Waals surface area contributed by atoms with Gasteiger partial charge in [0.15, 0.2) is 5.60 Å². The summed E-state index contributed by atoms with van der Waals surface area (Å²) in [6.45, 7) is 3.48. The first-order valence-electron chi connectivity index (χ1n) is 8.14. The van der Waals surface area contributed by atoms with E-state index in [2.05, 4.69) is 4.98 Å². The van der Waals surface area contributed by atoms with Crippen LogP contribution < -0.4 is 4.90 Å². The van der Waals surface area contributed by atoms with Crippen molar-refractivity contribution in [2.75, 3.05) is 11.9 Å². The number of aromatic nitrogens is 1. The molecule has 0 aliphatic carbocycles. The number of H-pyrrole nitrogens is 1. The Morgan fingerprint density at radius 3 is 2.62 bits per heavy atom. The van der Waals surface area contributed by atoms with E-state index in [4.69, 9.17) is 0 Å². The zero-order valence-electron chi connectivity index (χ0n) is 14.5. The zero-order chi connectivity index (χ0) is 18.8. The second-order valence-corrected chi connectivity index (χ2v) is 6.66. The predicted molar refractivity (Wildman–Crippen MR) is 97.3 cm³/mol. The number of aromatic amines is 1. The van der Waals surface area contributed by atoms with Crippen LogP contribution in [-0.4, -0.2) is 28.0 Å². The fourth-order valence-electron chi connectivity index (χ4n) is 4.03. The van der Waals surface area contributed by atoms with E-state index >= 15 is 0 Å². The Morgan fingerprint density at radius 2 is 1.92 bits per heavy atom. The number of aryl methyl sites for hydroxylation is 2. The highest BCUT2D eigenvalue weighted by Crippen LogP contribution is 2.49. The first-order valence-corrected chi connectivity index (χ1v) is 8.14. The molecule has 0 saturated heterocycles. The van der Waals surface area contributed by atoms with Crippen LogP contribution in [0.25, 0.3) is 10.9 Å². The molecule has 7 nitrogen and oxygen atoms in total. The van der Waals surface area contributed by atoms with Crippen molar-refractivity contribution < 1.29 is 14.8 Å². The number of hydrogen-bond acceptors (Lipinski definition) is 4. The predicted octanol–water partition coefficient (Wildman–Crippen LogP) is 2.91. The number of nitro groups is 1. The van der Waals surface area contributed by atoms with Gasteiger partial charge in [-0.25, -0.2) is 0 Å². The van der Waals surface area contributed by atoms with E-state index in [-0.39, 0.29) is 11.3 Å². The lowest BCUT2D eigenvalue weighted by molar-refractivity contribution is -0.385. The van der Waals surface area contributed by atoms with E-state index in [0.29, 0.717) is 27.9 Å². The number of para-hydroxylation sites is 1. The second kappa shape index (κ2) is 5.15. The molecule has 1 aromatic heterocycles. The molecule has 0 spiro atoms. The monoisotopic (exact) mass is 351 g/mol. The molecule has 2 N–H and O–H groups in total. The Hall–Kier alpha value is -3.19. The molecular weight excluding hydrogens is 334 g/mol. The summed E-state index contributed by atoms with van der Waals surface area (Å²) in [7, 11) is 1.57. The standard InChI is InChI=1S/C19H17N3O4/c1-10-8-12(22(25)26)9-14-17(10)21(3)18(23)19(14,24)16-11(2)20-15-7-5-4-6-13(15)16/h4-9,20,24H,1-3H3/t19-/m0/s1. The minimum atomic E-state index is -1.98. The number of likely N-dealkylation sites (N-methyl/N-ethyl adjacent to an activating group) is 1. The van der Waals surface area contributed by atoms with Gasteiger partial charge in [0.05, 0.1) is 10.6 Å². The molecule has 1 aliphatic rings. The average Bonchev–Trinajstić information content (AvgIpc) is 3.03. The Bertz CT molecular complexity index is 1100. The topological polar surface area (TPSA) is 99.5 Å². The summed E-state index contributed by atoms with van der Waals surface area (Å²) < 4.78 is 0. The van der Waals surface area contributed by atoms with Gasteiger partial charge in [-0.2, -0.15) is 0 Å². The van der Waals surface area contributed by atoms with Crippen LogP contribution in [0, 0.1) is 24.0 Å². The molecule has 4 rings (SSSR count). The maximum atomic E-state index is 13.1. The van der Waals surface area contributed by atoms with Crippen molar-refractivity contribution in [3.8, 4) is 0 Å². The lowest BCUT2D eigenvalue weighted by Crippen LogP contribution is -2.39. The Labute approximate surface area is 149 Å². The van der Waals surface area contributed by atoms with Crippen molar-refractivity contribution >= 4 is 28.2 Å². The molecule has 3 aromatic rings. The van der Waals surface area contributed by atoms with Crippen LogP contribution in [0.3, 0.4) is 0 Å². The number of anilines is 1. The number of nitrogens with one attached hydrogen (secondary N) is 1. The summed E-state index contributed by atoms with van der Waals surface area (Å²) in [5, 5.41) is 23.6. The molecule has 26 heavy (non-hydrogen) atoms. The van der Waals surface area contributed by atoms with Crippen molar-refractivity contribution in [3.05, 3.63) is 68.9 Å². The lowest BCUT2D eigenvalue weighted by Gasteiger charge is -2.22. The van der Waals surface area contributed by atoms with Gasteiger partial charge >= 0.3 is 0 Å². The van der Waals surface area contributed by atoms with Gasteiger partial charge in [-0.3, -0.25) is 14.9 Å². The van der Waals surface area contributed by atoms with E-state index in [1.165, 1.54) is 17.0 Å². The van der Waals surface area contributed by atoms with Crippen LogP contribution >= 0.6 is 0 Å². The first kappa shape index (κ1) is 16.3. The van der Waals surface area contributed by atoms with E-state index in [1.807, 2.05) is 24.3 Å². The highest BCUT2D eigenvalue weighted by atomic mass is 16.6. The molecular formula is C19H17N3O4. The van der Waals surface area contributed by atoms with Crippen molar-refractivity contribution in [1.29, 1.82) is 0 Å². The number of non-ortho nitro benzene ring substituents is 1. The van der Waals surface area contributed by atoms with Gasteiger partial charge in [-0.15, -0.1) is 0 Å². The minimum Gasteiger partial charge on any atom is -0.372 e. The van der Waals surface area contributed by atoms with Crippen LogP contribution in [-0.2, 0) is 10.4 Å². The Morgan fingerprint density at radius 1 is 1.23 bits per heavy atom. The van der Waals surface area contributed by atoms with Crippen LogP contribution in [0.15, 0.2) is 36.4 Å². The number of carbonyl (C=O) groups excluding carboxylic acids is 1. The summed E-state index contributed by atoms with van der Waals surface area (Å²) >= 11 is 0. The molecule has 2 heterocycles. The number of amides is 1. The van der Waals surface area contributed by atoms with Gasteiger partial charge in [0.1, 0.15) is 0 Å². The number of hydrogen-bond donors (Lipinski definition) is 2. The molecule has 0 fully saturated rings. The highest BCUT2D eigenvalue weighted by molar-refractivity contribution is 6.12. The minimum absolute atomic E-state index is 0.153. The van der Waals surface area contributed by atoms with Crippen LogP contribution in [0.4, 0.5) is 11.4 Å². The fourth-order valence-corrected chi connectivity index (χ4v) is 4.03. The molecule has 0 saturated carbocycles. The van der Waals surface area contributed by atoms with E-state index in [9.17, 15) is 20.0 Å². The number of rotatable bonds is 2. The Balaban J connectivity index is 2.11. The van der Waals surface area contributed by atoms with Gasteiger partial charge in [0.25, 0.3) is 11.6 Å². The number of aliphatic hydroxyl groups is 1. The SMILES string of the molecule is Cc1cc([N+](=O)[O-])cc2c1N(C)C(=O)[C@@]2(O)c1c(C)[nH]c2ccccc12. The van der Waals surface area contributed by atoms with Crippen LogP contribution in [0.5, 0.6) is 0 Å². The number of nitrogens with zero attached hydrogens (tertiary/aromatic N) is 2.